The molecule has 1 amide bonds. The van der Waals surface area contributed by atoms with Crippen LogP contribution in [0.3, 0.4) is 0 Å². The fourth-order valence-corrected chi connectivity index (χ4v) is 3.33. The molecule has 3 nitrogen and oxygen atoms in total. The molecule has 2 aliphatic heterocycles. The van der Waals surface area contributed by atoms with Crippen LogP contribution in [-0.2, 0) is 4.79 Å². The maximum absolute atomic E-state index is 12.0. The minimum atomic E-state index is 0.0210. The minimum absolute atomic E-state index is 0.0210. The van der Waals surface area contributed by atoms with Crippen molar-refractivity contribution in [2.75, 3.05) is 32.7 Å². The second-order valence-electron chi connectivity index (χ2n) is 5.65. The fourth-order valence-electron chi connectivity index (χ4n) is 3.04. The average molecular weight is 317 g/mol. The molecule has 1 unspecified atom stereocenters. The Morgan fingerprint density at radius 1 is 1.22 bits per heavy atom. The van der Waals surface area contributed by atoms with Gasteiger partial charge in [-0.2, -0.15) is 0 Å². The molecule has 2 rings (SSSR count). The standard InChI is InChI=1S/C14H25BrN2O/c1-2-13(15)14(18)17-9-5-12(6-10-17)11-16-7-3-4-8-16/h12-13H,2-11H2,1H3. The van der Waals surface area contributed by atoms with E-state index in [1.54, 1.807) is 0 Å². The maximum atomic E-state index is 12.0. The zero-order chi connectivity index (χ0) is 13.0. The molecule has 0 bridgehead atoms. The van der Waals surface area contributed by atoms with Crippen LogP contribution in [0.5, 0.6) is 0 Å². The van der Waals surface area contributed by atoms with Crippen LogP contribution >= 0.6 is 15.9 Å². The Balaban J connectivity index is 1.72. The fraction of sp³-hybridized carbons (Fsp3) is 0.929. The van der Waals surface area contributed by atoms with E-state index in [1.807, 2.05) is 4.90 Å². The third-order valence-electron chi connectivity index (χ3n) is 4.27. The highest BCUT2D eigenvalue weighted by molar-refractivity contribution is 9.10. The number of amides is 1. The second kappa shape index (κ2) is 6.90. The van der Waals surface area contributed by atoms with Gasteiger partial charge in [-0.25, -0.2) is 0 Å². The lowest BCUT2D eigenvalue weighted by molar-refractivity contribution is -0.131. The average Bonchev–Trinajstić information content (AvgIpc) is 2.91. The van der Waals surface area contributed by atoms with Gasteiger partial charge in [0.25, 0.3) is 0 Å². The highest BCUT2D eigenvalue weighted by atomic mass is 79.9. The van der Waals surface area contributed by atoms with Crippen LogP contribution in [0.25, 0.3) is 0 Å². The van der Waals surface area contributed by atoms with Gasteiger partial charge in [0.1, 0.15) is 0 Å². The number of piperidine rings is 1. The molecule has 0 radical (unpaired) electrons. The Morgan fingerprint density at radius 3 is 2.39 bits per heavy atom. The van der Waals surface area contributed by atoms with Crippen LogP contribution in [0.4, 0.5) is 0 Å². The summed E-state index contributed by atoms with van der Waals surface area (Å²) >= 11 is 3.46. The highest BCUT2D eigenvalue weighted by Gasteiger charge is 2.27. The molecule has 0 aromatic carbocycles. The van der Waals surface area contributed by atoms with Gasteiger partial charge in [0, 0.05) is 19.6 Å². The van der Waals surface area contributed by atoms with Crippen LogP contribution in [0.15, 0.2) is 0 Å². The largest absolute Gasteiger partial charge is 0.342 e. The molecular weight excluding hydrogens is 292 g/mol. The van der Waals surface area contributed by atoms with E-state index < -0.39 is 0 Å². The summed E-state index contributed by atoms with van der Waals surface area (Å²) in [7, 11) is 0. The van der Waals surface area contributed by atoms with Crippen molar-refractivity contribution in [2.45, 2.75) is 43.9 Å². The summed E-state index contributed by atoms with van der Waals surface area (Å²) in [6, 6.07) is 0. The van der Waals surface area contributed by atoms with E-state index >= 15 is 0 Å². The third-order valence-corrected chi connectivity index (χ3v) is 5.31. The summed E-state index contributed by atoms with van der Waals surface area (Å²) in [6.45, 7) is 7.81. The summed E-state index contributed by atoms with van der Waals surface area (Å²) in [5.74, 6) is 1.10. The van der Waals surface area contributed by atoms with Crippen molar-refractivity contribution >= 4 is 21.8 Å². The Kier molecular flexibility index (Phi) is 5.49. The van der Waals surface area contributed by atoms with E-state index in [0.29, 0.717) is 0 Å². The first-order valence-corrected chi connectivity index (χ1v) is 8.27. The summed E-state index contributed by atoms with van der Waals surface area (Å²) in [5.41, 5.74) is 0. The minimum Gasteiger partial charge on any atom is -0.342 e. The Bertz CT molecular complexity index is 271. The number of carbonyl (C=O) groups excluding carboxylic acids is 1. The van der Waals surface area contributed by atoms with Crippen LogP contribution in [0, 0.1) is 5.92 Å². The van der Waals surface area contributed by atoms with Crippen LogP contribution in [-0.4, -0.2) is 53.3 Å². The molecule has 0 saturated carbocycles. The Labute approximate surface area is 119 Å². The number of hydrogen-bond donors (Lipinski definition) is 0. The predicted octanol–water partition coefficient (Wildman–Crippen LogP) is 2.49. The quantitative estimate of drug-likeness (QED) is 0.744. The van der Waals surface area contributed by atoms with Crippen molar-refractivity contribution in [1.82, 2.24) is 9.80 Å². The first-order chi connectivity index (χ1) is 8.70. The summed E-state index contributed by atoms with van der Waals surface area (Å²) < 4.78 is 0. The molecule has 2 saturated heterocycles. The molecule has 2 fully saturated rings. The van der Waals surface area contributed by atoms with Crippen molar-refractivity contribution in [3.8, 4) is 0 Å². The number of rotatable bonds is 4. The maximum Gasteiger partial charge on any atom is 0.236 e. The van der Waals surface area contributed by atoms with E-state index in [-0.39, 0.29) is 10.7 Å². The Morgan fingerprint density at radius 2 is 1.83 bits per heavy atom. The number of carbonyl (C=O) groups is 1. The molecule has 4 heteroatoms. The molecule has 2 heterocycles. The second-order valence-corrected chi connectivity index (χ2v) is 6.76. The lowest BCUT2D eigenvalue weighted by atomic mass is 9.96. The van der Waals surface area contributed by atoms with E-state index in [2.05, 4.69) is 27.8 Å². The van der Waals surface area contributed by atoms with Crippen LogP contribution in [0.1, 0.15) is 39.0 Å². The summed E-state index contributed by atoms with van der Waals surface area (Å²) in [4.78, 5) is 16.7. The summed E-state index contributed by atoms with van der Waals surface area (Å²) in [5, 5.41) is 0. The zero-order valence-corrected chi connectivity index (χ0v) is 13.0. The van der Waals surface area contributed by atoms with Crippen molar-refractivity contribution in [3.05, 3.63) is 0 Å². The number of hydrogen-bond acceptors (Lipinski definition) is 2. The van der Waals surface area contributed by atoms with Crippen molar-refractivity contribution < 1.29 is 4.79 Å². The molecule has 0 aromatic heterocycles. The van der Waals surface area contributed by atoms with Gasteiger partial charge in [0.2, 0.25) is 5.91 Å². The van der Waals surface area contributed by atoms with Gasteiger partial charge in [-0.05, 0) is 51.1 Å². The van der Waals surface area contributed by atoms with E-state index in [1.165, 1.54) is 45.3 Å². The Hall–Kier alpha value is -0.0900. The van der Waals surface area contributed by atoms with E-state index in [9.17, 15) is 4.79 Å². The van der Waals surface area contributed by atoms with Gasteiger partial charge in [-0.15, -0.1) is 0 Å². The molecule has 18 heavy (non-hydrogen) atoms. The van der Waals surface area contributed by atoms with Gasteiger partial charge < -0.3 is 9.80 Å². The SMILES string of the molecule is CCC(Br)C(=O)N1CCC(CN2CCCC2)CC1. The molecule has 0 aromatic rings. The van der Waals surface area contributed by atoms with Gasteiger partial charge in [-0.1, -0.05) is 22.9 Å². The topological polar surface area (TPSA) is 23.6 Å². The van der Waals surface area contributed by atoms with E-state index in [0.717, 1.165) is 25.4 Å². The number of halogens is 1. The van der Waals surface area contributed by atoms with Crippen molar-refractivity contribution in [1.29, 1.82) is 0 Å². The molecule has 0 N–H and O–H groups in total. The zero-order valence-electron chi connectivity index (χ0n) is 11.4. The highest BCUT2D eigenvalue weighted by Crippen LogP contribution is 2.22. The van der Waals surface area contributed by atoms with Gasteiger partial charge in [0.15, 0.2) is 0 Å². The lowest BCUT2D eigenvalue weighted by Crippen LogP contribution is -2.43. The van der Waals surface area contributed by atoms with Crippen LogP contribution in [0.2, 0.25) is 0 Å². The van der Waals surface area contributed by atoms with Crippen molar-refractivity contribution in [2.24, 2.45) is 5.92 Å². The first-order valence-electron chi connectivity index (χ1n) is 7.36. The molecule has 0 aliphatic carbocycles. The number of alkyl halides is 1. The number of likely N-dealkylation sites (tertiary alicyclic amines) is 2. The predicted molar refractivity (Wildman–Crippen MR) is 78.0 cm³/mol. The van der Waals surface area contributed by atoms with Crippen molar-refractivity contribution in [3.63, 3.8) is 0 Å². The third kappa shape index (κ3) is 3.70. The molecule has 0 spiro atoms. The molecule has 1 atom stereocenters. The molecule has 104 valence electrons. The normalized spacial score (nSPS) is 24.4. The van der Waals surface area contributed by atoms with Gasteiger partial charge in [-0.3, -0.25) is 4.79 Å². The lowest BCUT2D eigenvalue weighted by Gasteiger charge is -2.34. The van der Waals surface area contributed by atoms with Gasteiger partial charge in [0.05, 0.1) is 4.83 Å². The van der Waals surface area contributed by atoms with Crippen LogP contribution < -0.4 is 0 Å². The van der Waals surface area contributed by atoms with Gasteiger partial charge >= 0.3 is 0 Å². The summed E-state index contributed by atoms with van der Waals surface area (Å²) in [6.07, 6.45) is 6.00. The first kappa shape index (κ1) is 14.3. The smallest absolute Gasteiger partial charge is 0.236 e. The monoisotopic (exact) mass is 316 g/mol. The molecule has 2 aliphatic rings. The van der Waals surface area contributed by atoms with E-state index in [4.69, 9.17) is 0 Å². The molecular formula is C14H25BrN2O. The number of nitrogens with zero attached hydrogens (tertiary/aromatic N) is 2.